The zero-order chi connectivity index (χ0) is 36.7. The number of rotatable bonds is 12. The first-order valence-corrected chi connectivity index (χ1v) is 17.2. The van der Waals surface area contributed by atoms with E-state index in [1.807, 2.05) is 21.1 Å². The minimum atomic E-state index is 0.392. The predicted octanol–water partition coefficient (Wildman–Crippen LogP) is 7.33. The fourth-order valence-corrected chi connectivity index (χ4v) is 4.50. The Hall–Kier alpha value is -4.12. The van der Waals surface area contributed by atoms with Gasteiger partial charge in [0.25, 0.3) is 0 Å². The normalized spacial score (nSPS) is 10.9. The van der Waals surface area contributed by atoms with E-state index in [1.165, 1.54) is 27.8 Å². The SMILES string of the molecule is C#CNC.CCNC.CNC(Cc1ccccc1)c1ccccc1.CNCC(C)c1ccccc1.COc1cc(CCN(C)C)ccc1C. The third-order valence-corrected chi connectivity index (χ3v) is 7.53. The van der Waals surface area contributed by atoms with E-state index in [0.29, 0.717) is 12.0 Å². The number of nitrogens with zero attached hydrogens (tertiary/aromatic N) is 1. The van der Waals surface area contributed by atoms with Gasteiger partial charge in [-0.15, -0.1) is 0 Å². The second-order valence-corrected chi connectivity index (χ2v) is 11.8. The lowest BCUT2D eigenvalue weighted by Crippen LogP contribution is -2.18. The maximum absolute atomic E-state index is 5.28. The van der Waals surface area contributed by atoms with Crippen LogP contribution in [0.4, 0.5) is 0 Å². The highest BCUT2D eigenvalue weighted by Crippen LogP contribution is 2.19. The van der Waals surface area contributed by atoms with Gasteiger partial charge in [0.1, 0.15) is 5.75 Å². The van der Waals surface area contributed by atoms with Crippen molar-refractivity contribution in [1.82, 2.24) is 26.2 Å². The van der Waals surface area contributed by atoms with Crippen molar-refractivity contribution in [3.8, 4) is 18.2 Å². The molecule has 2 atom stereocenters. The molecule has 0 aromatic heterocycles. The highest BCUT2D eigenvalue weighted by Gasteiger charge is 2.08. The Morgan fingerprint density at radius 2 is 1.27 bits per heavy atom. The van der Waals surface area contributed by atoms with E-state index < -0.39 is 0 Å². The molecule has 0 radical (unpaired) electrons. The Morgan fingerprint density at radius 1 is 0.755 bits per heavy atom. The second-order valence-electron chi connectivity index (χ2n) is 11.8. The van der Waals surface area contributed by atoms with Crippen LogP contribution in [0.2, 0.25) is 0 Å². The first kappa shape index (κ1) is 44.9. The molecular formula is C43H65N5O. The van der Waals surface area contributed by atoms with E-state index in [2.05, 4.69) is 183 Å². The predicted molar refractivity (Wildman–Crippen MR) is 215 cm³/mol. The van der Waals surface area contributed by atoms with Gasteiger partial charge in [0.05, 0.1) is 7.11 Å². The van der Waals surface area contributed by atoms with Gasteiger partial charge >= 0.3 is 0 Å². The van der Waals surface area contributed by atoms with Crippen LogP contribution < -0.4 is 26.0 Å². The molecule has 0 spiro atoms. The van der Waals surface area contributed by atoms with Gasteiger partial charge in [0.15, 0.2) is 0 Å². The van der Waals surface area contributed by atoms with Gasteiger partial charge in [0, 0.05) is 32.2 Å². The largest absolute Gasteiger partial charge is 0.496 e. The lowest BCUT2D eigenvalue weighted by Gasteiger charge is -2.16. The van der Waals surface area contributed by atoms with Gasteiger partial charge in [0.2, 0.25) is 0 Å². The van der Waals surface area contributed by atoms with Crippen LogP contribution in [0.15, 0.2) is 109 Å². The highest BCUT2D eigenvalue weighted by atomic mass is 16.5. The first-order chi connectivity index (χ1) is 23.7. The first-order valence-electron chi connectivity index (χ1n) is 17.2. The van der Waals surface area contributed by atoms with Crippen molar-refractivity contribution in [3.63, 3.8) is 0 Å². The van der Waals surface area contributed by atoms with Crippen LogP contribution in [-0.2, 0) is 12.8 Å². The Morgan fingerprint density at radius 3 is 1.69 bits per heavy atom. The molecule has 4 aromatic carbocycles. The number of hydrogen-bond donors (Lipinski definition) is 4. The average molecular weight is 668 g/mol. The standard InChI is InChI=1S/C15H17N.C12H19NO.C10H15N.C3H9N.C3H5N/c1-16-15(14-10-6-3-7-11-14)12-13-8-4-2-5-9-13;1-10-5-6-11(7-8-13(2)3)9-12(10)14-4;1-9(8-11-2)10-6-4-3-5-7-10;2*1-3-4-2/h2-11,15-16H,12H2,1H3;5-6,9H,7-8H2,1-4H3;3-7,9,11H,8H2,1-2H3;4H,3H2,1-2H3;1,4H,2H3. The number of benzene rings is 4. The number of likely N-dealkylation sites (N-methyl/N-ethyl adjacent to an activating group) is 3. The number of aryl methyl sites for hydroxylation is 1. The molecule has 268 valence electrons. The van der Waals surface area contributed by atoms with Crippen LogP contribution in [0.25, 0.3) is 0 Å². The molecule has 4 aromatic rings. The molecule has 4 rings (SSSR count). The van der Waals surface area contributed by atoms with E-state index in [9.17, 15) is 0 Å². The molecule has 0 aliphatic carbocycles. The van der Waals surface area contributed by atoms with Gasteiger partial charge in [-0.1, -0.05) is 123 Å². The van der Waals surface area contributed by atoms with Gasteiger partial charge in [-0.25, -0.2) is 0 Å². The van der Waals surface area contributed by atoms with Gasteiger partial charge in [-0.2, -0.15) is 0 Å². The molecule has 0 fully saturated rings. The molecule has 0 amide bonds. The Balaban J connectivity index is 0.000000642. The molecule has 0 heterocycles. The average Bonchev–Trinajstić information content (AvgIpc) is 3.15. The summed E-state index contributed by atoms with van der Waals surface area (Å²) in [7, 11) is 13.5. The summed E-state index contributed by atoms with van der Waals surface area (Å²) in [5.41, 5.74) is 6.64. The molecule has 6 heteroatoms. The molecule has 0 bridgehead atoms. The van der Waals surface area contributed by atoms with Crippen molar-refractivity contribution >= 4 is 0 Å². The lowest BCUT2D eigenvalue weighted by molar-refractivity contribution is 0.405. The Bertz CT molecular complexity index is 1340. The highest BCUT2D eigenvalue weighted by molar-refractivity contribution is 5.36. The minimum absolute atomic E-state index is 0.392. The van der Waals surface area contributed by atoms with Crippen LogP contribution in [0.1, 0.15) is 53.6 Å². The van der Waals surface area contributed by atoms with Gasteiger partial charge in [-0.05, 0) is 101 Å². The summed E-state index contributed by atoms with van der Waals surface area (Å²) in [4.78, 5) is 2.19. The summed E-state index contributed by atoms with van der Waals surface area (Å²) in [6.07, 6.45) is 6.77. The van der Waals surface area contributed by atoms with Crippen LogP contribution in [-0.4, -0.2) is 73.9 Å². The Labute approximate surface area is 300 Å². The maximum Gasteiger partial charge on any atom is 0.122 e. The van der Waals surface area contributed by atoms with E-state index >= 15 is 0 Å². The van der Waals surface area contributed by atoms with Crippen molar-refractivity contribution in [2.24, 2.45) is 0 Å². The van der Waals surface area contributed by atoms with E-state index in [-0.39, 0.29) is 0 Å². The van der Waals surface area contributed by atoms with E-state index in [1.54, 1.807) is 14.2 Å². The summed E-state index contributed by atoms with van der Waals surface area (Å²) in [5.74, 6) is 1.60. The smallest absolute Gasteiger partial charge is 0.122 e. The van der Waals surface area contributed by atoms with Crippen molar-refractivity contribution in [3.05, 3.63) is 137 Å². The van der Waals surface area contributed by atoms with Gasteiger partial charge < -0.3 is 30.9 Å². The van der Waals surface area contributed by atoms with Gasteiger partial charge in [-0.3, -0.25) is 0 Å². The minimum Gasteiger partial charge on any atom is -0.496 e. The number of hydrogen-bond acceptors (Lipinski definition) is 6. The molecule has 4 N–H and O–H groups in total. The third-order valence-electron chi connectivity index (χ3n) is 7.53. The maximum atomic E-state index is 5.28. The third kappa shape index (κ3) is 22.2. The summed E-state index contributed by atoms with van der Waals surface area (Å²) >= 11 is 0. The summed E-state index contributed by atoms with van der Waals surface area (Å²) in [5, 5.41) is 11.9. The number of nitrogens with one attached hydrogen (secondary N) is 4. The zero-order valence-corrected chi connectivity index (χ0v) is 32.0. The van der Waals surface area contributed by atoms with E-state index in [0.717, 1.165) is 38.2 Å². The number of terminal acetylenes is 1. The fraction of sp³-hybridized carbons (Fsp3) is 0.395. The molecule has 0 aliphatic heterocycles. The van der Waals surface area contributed by atoms with Crippen molar-refractivity contribution in [2.45, 2.75) is 45.6 Å². The zero-order valence-electron chi connectivity index (χ0n) is 32.0. The summed E-state index contributed by atoms with van der Waals surface area (Å²) < 4.78 is 5.28. The van der Waals surface area contributed by atoms with Crippen LogP contribution in [0.5, 0.6) is 5.75 Å². The molecule has 2 unspecified atom stereocenters. The van der Waals surface area contributed by atoms with Crippen molar-refractivity contribution < 1.29 is 4.74 Å². The lowest BCUT2D eigenvalue weighted by atomic mass is 9.99. The quantitative estimate of drug-likeness (QED) is 0.0938. The van der Waals surface area contributed by atoms with Crippen LogP contribution in [0, 0.1) is 19.4 Å². The Kier molecular flexibility index (Phi) is 27.5. The fourth-order valence-electron chi connectivity index (χ4n) is 4.50. The molecular weight excluding hydrogens is 603 g/mol. The monoisotopic (exact) mass is 668 g/mol. The summed E-state index contributed by atoms with van der Waals surface area (Å²) in [6, 6.07) is 40.7. The van der Waals surface area contributed by atoms with Crippen molar-refractivity contribution in [1.29, 1.82) is 0 Å². The molecule has 6 nitrogen and oxygen atoms in total. The second kappa shape index (κ2) is 30.0. The molecule has 0 aliphatic rings. The molecule has 0 saturated heterocycles. The van der Waals surface area contributed by atoms with E-state index in [4.69, 9.17) is 4.74 Å². The topological polar surface area (TPSA) is 60.6 Å². The molecule has 0 saturated carbocycles. The molecule has 49 heavy (non-hydrogen) atoms. The number of ether oxygens (including phenoxy) is 1. The van der Waals surface area contributed by atoms with Crippen molar-refractivity contribution in [2.75, 3.05) is 69.0 Å². The number of methoxy groups -OCH3 is 1. The van der Waals surface area contributed by atoms with Crippen LogP contribution >= 0.6 is 0 Å². The van der Waals surface area contributed by atoms with Crippen LogP contribution in [0.3, 0.4) is 0 Å². The summed E-state index contributed by atoms with van der Waals surface area (Å²) in [6.45, 7) is 9.55.